The monoisotopic (exact) mass is 308 g/mol. The summed E-state index contributed by atoms with van der Waals surface area (Å²) in [4.78, 5) is 2.20. The minimum absolute atomic E-state index is 0.0688. The van der Waals surface area contributed by atoms with Crippen molar-refractivity contribution in [3.8, 4) is 0 Å². The number of nitrogens with zero attached hydrogens (tertiary/aromatic N) is 1. The van der Waals surface area contributed by atoms with Gasteiger partial charge < -0.3 is 15.0 Å². The van der Waals surface area contributed by atoms with Gasteiger partial charge in [0.25, 0.3) is 0 Å². The number of ether oxygens (including phenoxy) is 1. The van der Waals surface area contributed by atoms with Crippen molar-refractivity contribution >= 4 is 0 Å². The predicted octanol–water partition coefficient (Wildman–Crippen LogP) is 2.67. The van der Waals surface area contributed by atoms with E-state index in [9.17, 15) is 13.2 Å². The molecule has 0 aromatic heterocycles. The van der Waals surface area contributed by atoms with Crippen molar-refractivity contribution in [3.63, 3.8) is 0 Å². The van der Waals surface area contributed by atoms with Gasteiger partial charge in [-0.1, -0.05) is 6.92 Å². The minimum Gasteiger partial charge on any atom is -0.381 e. The summed E-state index contributed by atoms with van der Waals surface area (Å²) in [5, 5.41) is 3.39. The molecule has 2 rings (SSSR count). The van der Waals surface area contributed by atoms with Crippen LogP contribution in [0.2, 0.25) is 0 Å². The Bertz CT molecular complexity index is 309. The van der Waals surface area contributed by atoms with E-state index in [-0.39, 0.29) is 18.3 Å². The Morgan fingerprint density at radius 2 is 2.00 bits per heavy atom. The molecule has 0 radical (unpaired) electrons. The maximum atomic E-state index is 12.7. The molecule has 0 aromatic carbocycles. The molecule has 2 aliphatic rings. The molecule has 2 heterocycles. The van der Waals surface area contributed by atoms with E-state index in [4.69, 9.17) is 4.74 Å². The first kappa shape index (κ1) is 17.0. The van der Waals surface area contributed by atoms with Crippen molar-refractivity contribution in [2.45, 2.75) is 38.8 Å². The molecular weight excluding hydrogens is 281 g/mol. The summed E-state index contributed by atoms with van der Waals surface area (Å²) in [6.07, 6.45) is -1.41. The van der Waals surface area contributed by atoms with Crippen LogP contribution < -0.4 is 5.32 Å². The van der Waals surface area contributed by atoms with E-state index in [2.05, 4.69) is 17.1 Å². The second-order valence-electron chi connectivity index (χ2n) is 6.53. The molecule has 0 aromatic rings. The SMILES string of the molecule is CCNCC1(CN2CCC(C(F)(F)F)CC2)CCCOC1. The highest BCUT2D eigenvalue weighted by molar-refractivity contribution is 4.89. The summed E-state index contributed by atoms with van der Waals surface area (Å²) in [7, 11) is 0. The summed E-state index contributed by atoms with van der Waals surface area (Å²) in [5.41, 5.74) is 0.0688. The van der Waals surface area contributed by atoms with Crippen LogP contribution in [0.15, 0.2) is 0 Å². The van der Waals surface area contributed by atoms with Crippen molar-refractivity contribution in [3.05, 3.63) is 0 Å². The Morgan fingerprint density at radius 1 is 1.29 bits per heavy atom. The van der Waals surface area contributed by atoms with Crippen LogP contribution in [0.5, 0.6) is 0 Å². The summed E-state index contributed by atoms with van der Waals surface area (Å²) in [6.45, 7) is 7.37. The van der Waals surface area contributed by atoms with Crippen molar-refractivity contribution < 1.29 is 17.9 Å². The van der Waals surface area contributed by atoms with Gasteiger partial charge in [-0.05, 0) is 45.3 Å². The van der Waals surface area contributed by atoms with Crippen LogP contribution in [-0.4, -0.2) is 57.0 Å². The summed E-state index contributed by atoms with van der Waals surface area (Å²) in [5.74, 6) is -1.11. The maximum Gasteiger partial charge on any atom is 0.391 e. The molecule has 1 atom stereocenters. The Kier molecular flexibility index (Phi) is 5.91. The fourth-order valence-corrected chi connectivity index (χ4v) is 3.51. The molecule has 0 aliphatic carbocycles. The van der Waals surface area contributed by atoms with Gasteiger partial charge in [-0.15, -0.1) is 0 Å². The van der Waals surface area contributed by atoms with Gasteiger partial charge in [0, 0.05) is 25.1 Å². The van der Waals surface area contributed by atoms with E-state index in [0.29, 0.717) is 13.1 Å². The number of likely N-dealkylation sites (tertiary alicyclic amines) is 1. The third-order valence-electron chi connectivity index (χ3n) is 4.76. The van der Waals surface area contributed by atoms with Crippen molar-refractivity contribution in [2.24, 2.45) is 11.3 Å². The van der Waals surface area contributed by atoms with Crippen LogP contribution in [0.1, 0.15) is 32.6 Å². The standard InChI is InChI=1S/C15H27F3N2O/c1-2-19-10-14(6-3-9-21-12-14)11-20-7-4-13(5-8-20)15(16,17)18/h13,19H,2-12H2,1H3. The first-order chi connectivity index (χ1) is 9.95. The lowest BCUT2D eigenvalue weighted by molar-refractivity contribution is -0.186. The van der Waals surface area contributed by atoms with Crippen LogP contribution in [0.3, 0.4) is 0 Å². The van der Waals surface area contributed by atoms with Gasteiger partial charge in [0.1, 0.15) is 0 Å². The lowest BCUT2D eigenvalue weighted by Gasteiger charge is -2.43. The molecule has 2 aliphatic heterocycles. The number of hydrogen-bond acceptors (Lipinski definition) is 3. The number of piperidine rings is 1. The molecule has 0 spiro atoms. The lowest BCUT2D eigenvalue weighted by atomic mass is 9.81. The molecule has 6 heteroatoms. The van der Waals surface area contributed by atoms with E-state index >= 15 is 0 Å². The second kappa shape index (κ2) is 7.29. The van der Waals surface area contributed by atoms with Gasteiger partial charge in [0.05, 0.1) is 12.5 Å². The molecule has 1 N–H and O–H groups in total. The van der Waals surface area contributed by atoms with Gasteiger partial charge in [-0.3, -0.25) is 0 Å². The number of hydrogen-bond donors (Lipinski definition) is 1. The smallest absolute Gasteiger partial charge is 0.381 e. The quantitative estimate of drug-likeness (QED) is 0.845. The summed E-state index contributed by atoms with van der Waals surface area (Å²) >= 11 is 0. The molecular formula is C15H27F3N2O. The average molecular weight is 308 g/mol. The van der Waals surface area contributed by atoms with Crippen LogP contribution >= 0.6 is 0 Å². The highest BCUT2D eigenvalue weighted by Crippen LogP contribution is 2.36. The molecule has 124 valence electrons. The maximum absolute atomic E-state index is 12.7. The molecule has 0 saturated carbocycles. The van der Waals surface area contributed by atoms with Crippen LogP contribution in [0, 0.1) is 11.3 Å². The molecule has 2 fully saturated rings. The Balaban J connectivity index is 1.87. The zero-order chi connectivity index (χ0) is 15.3. The van der Waals surface area contributed by atoms with E-state index < -0.39 is 12.1 Å². The molecule has 0 amide bonds. The summed E-state index contributed by atoms with van der Waals surface area (Å²) in [6, 6.07) is 0. The molecule has 21 heavy (non-hydrogen) atoms. The highest BCUT2D eigenvalue weighted by atomic mass is 19.4. The minimum atomic E-state index is -4.03. The highest BCUT2D eigenvalue weighted by Gasteiger charge is 2.42. The normalized spacial score (nSPS) is 29.7. The third kappa shape index (κ3) is 4.83. The third-order valence-corrected chi connectivity index (χ3v) is 4.76. The Hall–Kier alpha value is -0.330. The molecule has 1 unspecified atom stereocenters. The van der Waals surface area contributed by atoms with Gasteiger partial charge in [0.15, 0.2) is 0 Å². The zero-order valence-corrected chi connectivity index (χ0v) is 12.8. The van der Waals surface area contributed by atoms with E-state index in [0.717, 1.165) is 45.7 Å². The topological polar surface area (TPSA) is 24.5 Å². The molecule has 3 nitrogen and oxygen atoms in total. The van der Waals surface area contributed by atoms with Crippen LogP contribution in [-0.2, 0) is 4.74 Å². The average Bonchev–Trinajstić information content (AvgIpc) is 2.46. The Labute approximate surface area is 125 Å². The van der Waals surface area contributed by atoms with Crippen LogP contribution in [0.4, 0.5) is 13.2 Å². The zero-order valence-electron chi connectivity index (χ0n) is 12.8. The van der Waals surface area contributed by atoms with Gasteiger partial charge in [-0.2, -0.15) is 13.2 Å². The lowest BCUT2D eigenvalue weighted by Crippen LogP contribution is -2.51. The van der Waals surface area contributed by atoms with Gasteiger partial charge in [0.2, 0.25) is 0 Å². The predicted molar refractivity (Wildman–Crippen MR) is 76.2 cm³/mol. The molecule has 0 bridgehead atoms. The number of halogens is 3. The van der Waals surface area contributed by atoms with E-state index in [1.807, 2.05) is 0 Å². The largest absolute Gasteiger partial charge is 0.391 e. The van der Waals surface area contributed by atoms with Crippen LogP contribution in [0.25, 0.3) is 0 Å². The second-order valence-corrected chi connectivity index (χ2v) is 6.53. The Morgan fingerprint density at radius 3 is 2.52 bits per heavy atom. The van der Waals surface area contributed by atoms with Gasteiger partial charge >= 0.3 is 6.18 Å². The first-order valence-electron chi connectivity index (χ1n) is 8.03. The fraction of sp³-hybridized carbons (Fsp3) is 1.00. The number of nitrogens with one attached hydrogen (secondary N) is 1. The fourth-order valence-electron chi connectivity index (χ4n) is 3.51. The van der Waals surface area contributed by atoms with Crippen molar-refractivity contribution in [2.75, 3.05) is 45.9 Å². The van der Waals surface area contributed by atoms with E-state index in [1.165, 1.54) is 0 Å². The van der Waals surface area contributed by atoms with E-state index in [1.54, 1.807) is 0 Å². The number of alkyl halides is 3. The summed E-state index contributed by atoms with van der Waals surface area (Å²) < 4.78 is 43.8. The first-order valence-corrected chi connectivity index (χ1v) is 8.03. The van der Waals surface area contributed by atoms with Gasteiger partial charge in [-0.25, -0.2) is 0 Å². The molecule has 2 saturated heterocycles. The van der Waals surface area contributed by atoms with Crippen molar-refractivity contribution in [1.29, 1.82) is 0 Å². The van der Waals surface area contributed by atoms with Crippen molar-refractivity contribution in [1.82, 2.24) is 10.2 Å². The number of rotatable bonds is 5.